The average Bonchev–Trinajstić information content (AvgIpc) is 3.00. The van der Waals surface area contributed by atoms with Crippen LogP contribution in [-0.2, 0) is 11.2 Å². The second-order valence-electron chi connectivity index (χ2n) is 13.4. The number of hydrogen-bond donors (Lipinski definition) is 2. The monoisotopic (exact) mass is 664 g/mol. The van der Waals surface area contributed by atoms with Crippen molar-refractivity contribution in [1.29, 1.82) is 0 Å². The summed E-state index contributed by atoms with van der Waals surface area (Å²) in [4.78, 5) is 44.2. The van der Waals surface area contributed by atoms with Gasteiger partial charge in [0.1, 0.15) is 28.7 Å². The van der Waals surface area contributed by atoms with Crippen molar-refractivity contribution >= 4 is 22.9 Å². The number of rotatable bonds is 8. The van der Waals surface area contributed by atoms with Gasteiger partial charge in [-0.05, 0) is 82.7 Å². The van der Waals surface area contributed by atoms with Crippen LogP contribution in [0.15, 0.2) is 41.3 Å². The second-order valence-corrected chi connectivity index (χ2v) is 13.4. The average molecular weight is 665 g/mol. The van der Waals surface area contributed by atoms with Crippen molar-refractivity contribution in [2.75, 3.05) is 31.1 Å². The van der Waals surface area contributed by atoms with Gasteiger partial charge in [-0.15, -0.1) is 0 Å². The fourth-order valence-corrected chi connectivity index (χ4v) is 6.03. The van der Waals surface area contributed by atoms with Gasteiger partial charge in [0.15, 0.2) is 11.5 Å². The number of ether oxygens (including phenoxy) is 1. The first-order valence-corrected chi connectivity index (χ1v) is 16.2. The van der Waals surface area contributed by atoms with Crippen LogP contribution >= 0.6 is 0 Å². The molecule has 0 bridgehead atoms. The molecule has 1 amide bonds. The first-order valence-electron chi connectivity index (χ1n) is 16.2. The van der Waals surface area contributed by atoms with Gasteiger partial charge in [-0.25, -0.2) is 27.9 Å². The minimum absolute atomic E-state index is 0.00383. The second kappa shape index (κ2) is 13.8. The number of carbonyl (C=O) groups excluding carboxylic acids is 1. The maximum Gasteiger partial charge on any atom is 0.410 e. The normalized spacial score (nSPS) is 15.4. The molecule has 13 heteroatoms. The zero-order valence-corrected chi connectivity index (χ0v) is 28.1. The molecule has 48 heavy (non-hydrogen) atoms. The Kier molecular flexibility index (Phi) is 9.99. The minimum Gasteiger partial charge on any atom is -0.507 e. The van der Waals surface area contributed by atoms with Crippen LogP contribution < -0.4 is 10.6 Å². The minimum atomic E-state index is -0.922. The Morgan fingerprint density at radius 3 is 2.50 bits per heavy atom. The van der Waals surface area contributed by atoms with Crippen molar-refractivity contribution in [2.24, 2.45) is 0 Å². The van der Waals surface area contributed by atoms with E-state index in [2.05, 4.69) is 15.0 Å². The van der Waals surface area contributed by atoms with Crippen LogP contribution in [0.3, 0.4) is 0 Å². The van der Waals surface area contributed by atoms with E-state index in [0.717, 1.165) is 17.7 Å². The van der Waals surface area contributed by atoms with Crippen molar-refractivity contribution in [2.45, 2.75) is 78.4 Å². The van der Waals surface area contributed by atoms with Gasteiger partial charge >= 0.3 is 11.8 Å². The van der Waals surface area contributed by atoms with Gasteiger partial charge in [-0.3, -0.25) is 4.98 Å². The number of pyridine rings is 2. The summed E-state index contributed by atoms with van der Waals surface area (Å²) < 4.78 is 38.1. The highest BCUT2D eigenvalue weighted by molar-refractivity contribution is 5.91. The highest BCUT2D eigenvalue weighted by atomic mass is 19.1. The number of aryl methyl sites for hydroxylation is 1. The number of aliphatic hydroxyl groups is 1. The molecular weight excluding hydrogens is 622 g/mol. The zero-order chi connectivity index (χ0) is 34.9. The summed E-state index contributed by atoms with van der Waals surface area (Å²) in [7, 11) is 0. The fraction of sp³-hybridized carbons (Fsp3) is 0.457. The van der Waals surface area contributed by atoms with Crippen LogP contribution in [0.25, 0.3) is 28.0 Å². The molecule has 0 saturated carbocycles. The SMILES string of the molecule is CC(C)c1nccc(CCCCO)c1-n1c(=O)nc(N2CCN(C(=O)OC(C)(C)C)C[C@@H]2C)c2cc(F)c(-c3c(O)cccc3F)nc21. The van der Waals surface area contributed by atoms with Gasteiger partial charge in [0.25, 0.3) is 0 Å². The molecule has 1 aliphatic heterocycles. The van der Waals surface area contributed by atoms with Gasteiger partial charge in [0, 0.05) is 38.5 Å². The molecule has 0 spiro atoms. The molecule has 11 nitrogen and oxygen atoms in total. The van der Waals surface area contributed by atoms with E-state index in [4.69, 9.17) is 4.74 Å². The molecule has 256 valence electrons. The summed E-state index contributed by atoms with van der Waals surface area (Å²) in [5.74, 6) is -2.30. The smallest absolute Gasteiger partial charge is 0.410 e. The molecular formula is C35H42F2N6O5. The highest BCUT2D eigenvalue weighted by Gasteiger charge is 2.33. The topological polar surface area (TPSA) is 134 Å². The fourth-order valence-electron chi connectivity index (χ4n) is 6.03. The highest BCUT2D eigenvalue weighted by Crippen LogP contribution is 2.37. The summed E-state index contributed by atoms with van der Waals surface area (Å²) in [5, 5.41) is 20.2. The van der Waals surface area contributed by atoms with Gasteiger partial charge < -0.3 is 24.7 Å². The van der Waals surface area contributed by atoms with Crippen LogP contribution in [0.5, 0.6) is 5.75 Å². The molecule has 5 rings (SSSR count). The Bertz CT molecular complexity index is 1870. The van der Waals surface area contributed by atoms with Gasteiger partial charge in [-0.1, -0.05) is 19.9 Å². The number of amides is 1. The van der Waals surface area contributed by atoms with E-state index in [1.807, 2.05) is 25.7 Å². The lowest BCUT2D eigenvalue weighted by Gasteiger charge is -2.41. The van der Waals surface area contributed by atoms with E-state index < -0.39 is 46.0 Å². The van der Waals surface area contributed by atoms with Crippen LogP contribution in [-0.4, -0.2) is 78.6 Å². The molecule has 4 aromatic rings. The van der Waals surface area contributed by atoms with Crippen molar-refractivity contribution in [3.8, 4) is 22.7 Å². The molecule has 1 atom stereocenters. The third kappa shape index (κ3) is 6.96. The lowest BCUT2D eigenvalue weighted by molar-refractivity contribution is 0.0218. The number of halogens is 2. The van der Waals surface area contributed by atoms with E-state index >= 15 is 8.78 Å². The lowest BCUT2D eigenvalue weighted by atomic mass is 10.00. The molecule has 0 radical (unpaired) electrons. The Balaban J connectivity index is 1.76. The third-order valence-electron chi connectivity index (χ3n) is 8.24. The maximum absolute atomic E-state index is 16.1. The van der Waals surface area contributed by atoms with E-state index in [9.17, 15) is 19.8 Å². The summed E-state index contributed by atoms with van der Waals surface area (Å²) >= 11 is 0. The number of phenols is 1. The van der Waals surface area contributed by atoms with Crippen molar-refractivity contribution in [3.05, 3.63) is 69.9 Å². The van der Waals surface area contributed by atoms with Crippen LogP contribution in [0.4, 0.5) is 19.4 Å². The quantitative estimate of drug-likeness (QED) is 0.227. The van der Waals surface area contributed by atoms with Crippen LogP contribution in [0, 0.1) is 11.6 Å². The van der Waals surface area contributed by atoms with E-state index in [-0.39, 0.29) is 55.1 Å². The Labute approximate surface area is 277 Å². The zero-order valence-electron chi connectivity index (χ0n) is 28.1. The molecule has 1 saturated heterocycles. The molecule has 1 fully saturated rings. The van der Waals surface area contributed by atoms with Crippen molar-refractivity contribution in [3.63, 3.8) is 0 Å². The Morgan fingerprint density at radius 2 is 1.85 bits per heavy atom. The number of phenolic OH excluding ortho intramolecular Hbond substituents is 1. The number of anilines is 1. The van der Waals surface area contributed by atoms with E-state index in [0.29, 0.717) is 30.6 Å². The largest absolute Gasteiger partial charge is 0.507 e. The number of unbranched alkanes of at least 4 members (excludes halogenated alkanes) is 1. The Hall–Kier alpha value is -4.65. The molecule has 0 unspecified atom stereocenters. The molecule has 0 aliphatic carbocycles. The summed E-state index contributed by atoms with van der Waals surface area (Å²) in [6, 6.07) is 6.22. The van der Waals surface area contributed by atoms with E-state index in [1.165, 1.54) is 16.7 Å². The number of carbonyl (C=O) groups is 1. The van der Waals surface area contributed by atoms with Gasteiger partial charge in [-0.2, -0.15) is 4.98 Å². The van der Waals surface area contributed by atoms with Crippen molar-refractivity contribution in [1.82, 2.24) is 24.4 Å². The Morgan fingerprint density at radius 1 is 1.10 bits per heavy atom. The van der Waals surface area contributed by atoms with Crippen molar-refractivity contribution < 1.29 is 28.5 Å². The van der Waals surface area contributed by atoms with Gasteiger partial charge in [0.05, 0.1) is 22.3 Å². The number of hydrogen-bond acceptors (Lipinski definition) is 9. The number of nitrogens with zero attached hydrogens (tertiary/aromatic N) is 6. The summed E-state index contributed by atoms with van der Waals surface area (Å²) in [5.41, 5.74) is -0.522. The number of piperazine rings is 1. The summed E-state index contributed by atoms with van der Waals surface area (Å²) in [6.07, 6.45) is 2.86. The molecule has 3 aromatic heterocycles. The molecule has 1 aliphatic rings. The predicted molar refractivity (Wildman–Crippen MR) is 179 cm³/mol. The molecule has 2 N–H and O–H groups in total. The first kappa shape index (κ1) is 34.7. The number of fused-ring (bicyclic) bond motifs is 1. The first-order chi connectivity index (χ1) is 22.7. The number of aliphatic hydroxyl groups excluding tert-OH is 1. The predicted octanol–water partition coefficient (Wildman–Crippen LogP) is 5.71. The maximum atomic E-state index is 16.1. The molecule has 1 aromatic carbocycles. The third-order valence-corrected chi connectivity index (χ3v) is 8.24. The van der Waals surface area contributed by atoms with E-state index in [1.54, 1.807) is 37.9 Å². The van der Waals surface area contributed by atoms with Gasteiger partial charge in [0.2, 0.25) is 0 Å². The number of benzene rings is 1. The standard InChI is InChI=1S/C35H42F2N6O5/c1-20(2)28-30(22(13-14-38-28)10-7-8-17-44)43-32-23(18-25(37)29(39-32)27-24(36)11-9-12-26(27)45)31(40-33(43)46)42-16-15-41(19-21(42)3)34(47)48-35(4,5)6/h9,11-14,18,20-21,44-45H,7-8,10,15-17,19H2,1-6H3/t21-/m0/s1. The molecule has 4 heterocycles. The van der Waals surface area contributed by atoms with Crippen LogP contribution in [0.1, 0.15) is 71.6 Å². The number of aromatic nitrogens is 4. The van der Waals surface area contributed by atoms with Crippen LogP contribution in [0.2, 0.25) is 0 Å². The number of aromatic hydroxyl groups is 1. The lowest BCUT2D eigenvalue weighted by Crippen LogP contribution is -2.55. The summed E-state index contributed by atoms with van der Waals surface area (Å²) in [6.45, 7) is 11.9.